The van der Waals surface area contributed by atoms with E-state index >= 15 is 0 Å². The van der Waals surface area contributed by atoms with Crippen molar-refractivity contribution >= 4 is 5.97 Å². The van der Waals surface area contributed by atoms with Crippen LogP contribution in [-0.2, 0) is 22.6 Å². The summed E-state index contributed by atoms with van der Waals surface area (Å²) in [6.45, 7) is 6.43. The van der Waals surface area contributed by atoms with Gasteiger partial charge in [0.05, 0.1) is 6.61 Å². The van der Waals surface area contributed by atoms with Crippen LogP contribution in [0, 0.1) is 0 Å². The molecule has 0 spiro atoms. The fourth-order valence-corrected chi connectivity index (χ4v) is 4.30. The van der Waals surface area contributed by atoms with E-state index in [-0.39, 0.29) is 12.1 Å². The van der Waals surface area contributed by atoms with Crippen LogP contribution in [-0.4, -0.2) is 5.97 Å². The maximum Gasteiger partial charge on any atom is 0.311 e. The lowest BCUT2D eigenvalue weighted by molar-refractivity contribution is -0.134. The molecule has 0 saturated carbocycles. The summed E-state index contributed by atoms with van der Waals surface area (Å²) in [7, 11) is 0. The van der Waals surface area contributed by atoms with Crippen LogP contribution in [0.2, 0.25) is 0 Å². The first kappa shape index (κ1) is 22.0. The number of esters is 1. The first-order valence-corrected chi connectivity index (χ1v) is 11.4. The zero-order valence-corrected chi connectivity index (χ0v) is 18.7. The number of carbonyl (C=O) groups excluding carboxylic acids is 1. The molecule has 3 heteroatoms. The molecule has 0 fully saturated rings. The van der Waals surface area contributed by atoms with Crippen LogP contribution in [0.1, 0.15) is 61.0 Å². The van der Waals surface area contributed by atoms with Gasteiger partial charge in [-0.05, 0) is 47.6 Å². The van der Waals surface area contributed by atoms with E-state index in [1.807, 2.05) is 36.4 Å². The second-order valence-electron chi connectivity index (χ2n) is 8.17. The second-order valence-corrected chi connectivity index (χ2v) is 8.17. The Morgan fingerprint density at radius 2 is 1.84 bits per heavy atom. The lowest BCUT2D eigenvalue weighted by atomic mass is 9.88. The number of unbranched alkanes of at least 4 members (excludes halogenated alkanes) is 1. The third kappa shape index (κ3) is 4.68. The molecule has 0 N–H and O–H groups in total. The van der Waals surface area contributed by atoms with Gasteiger partial charge in [0.2, 0.25) is 0 Å². The first-order chi connectivity index (χ1) is 15.7. The van der Waals surface area contributed by atoms with E-state index < -0.39 is 0 Å². The van der Waals surface area contributed by atoms with Crippen molar-refractivity contribution < 1.29 is 14.3 Å². The Balaban J connectivity index is 1.87. The van der Waals surface area contributed by atoms with Crippen LogP contribution < -0.4 is 4.74 Å². The van der Waals surface area contributed by atoms with E-state index in [0.717, 1.165) is 41.5 Å². The average molecular weight is 427 g/mol. The molecule has 3 nitrogen and oxygen atoms in total. The lowest BCUT2D eigenvalue weighted by Gasteiger charge is -2.20. The summed E-state index contributed by atoms with van der Waals surface area (Å²) in [6, 6.07) is 22.7. The SMILES string of the molecule is C=CCCC(=O)Oc1c(-c2ccccc2)cc2c(c1CCCC)COC2c1ccccc1. The molecule has 3 aromatic carbocycles. The first-order valence-electron chi connectivity index (χ1n) is 11.4. The summed E-state index contributed by atoms with van der Waals surface area (Å²) in [4.78, 5) is 12.7. The molecular weight excluding hydrogens is 396 g/mol. The normalized spacial score (nSPS) is 14.7. The summed E-state index contributed by atoms with van der Waals surface area (Å²) in [5.74, 6) is 0.466. The topological polar surface area (TPSA) is 35.5 Å². The van der Waals surface area contributed by atoms with Crippen molar-refractivity contribution in [2.75, 3.05) is 0 Å². The van der Waals surface area contributed by atoms with E-state index in [9.17, 15) is 4.79 Å². The van der Waals surface area contributed by atoms with Gasteiger partial charge in [-0.2, -0.15) is 0 Å². The highest BCUT2D eigenvalue weighted by Crippen LogP contribution is 2.46. The molecule has 1 unspecified atom stereocenters. The number of rotatable bonds is 9. The Hall–Kier alpha value is -3.17. The number of hydrogen-bond donors (Lipinski definition) is 0. The van der Waals surface area contributed by atoms with Gasteiger partial charge in [-0.3, -0.25) is 4.79 Å². The van der Waals surface area contributed by atoms with E-state index in [2.05, 4.69) is 43.8 Å². The Bertz CT molecular complexity index is 1070. The molecule has 0 radical (unpaired) electrons. The number of carbonyl (C=O) groups is 1. The maximum absolute atomic E-state index is 12.7. The third-order valence-electron chi connectivity index (χ3n) is 5.94. The molecule has 1 atom stereocenters. The highest BCUT2D eigenvalue weighted by Gasteiger charge is 2.31. The minimum atomic E-state index is -0.224. The molecule has 0 aromatic heterocycles. The van der Waals surface area contributed by atoms with E-state index in [0.29, 0.717) is 25.2 Å². The van der Waals surface area contributed by atoms with Crippen molar-refractivity contribution in [1.82, 2.24) is 0 Å². The van der Waals surface area contributed by atoms with Crippen molar-refractivity contribution in [3.05, 3.63) is 102 Å². The predicted octanol–water partition coefficient (Wildman–Crippen LogP) is 7.19. The van der Waals surface area contributed by atoms with Crippen LogP contribution in [0.3, 0.4) is 0 Å². The number of hydrogen-bond acceptors (Lipinski definition) is 3. The van der Waals surface area contributed by atoms with E-state index in [4.69, 9.17) is 9.47 Å². The van der Waals surface area contributed by atoms with Crippen molar-refractivity contribution in [1.29, 1.82) is 0 Å². The predicted molar refractivity (Wildman–Crippen MR) is 129 cm³/mol. The van der Waals surface area contributed by atoms with Gasteiger partial charge in [-0.1, -0.05) is 80.1 Å². The van der Waals surface area contributed by atoms with Crippen LogP contribution in [0.15, 0.2) is 79.4 Å². The van der Waals surface area contributed by atoms with Gasteiger partial charge in [0, 0.05) is 17.5 Å². The molecule has 1 aliphatic heterocycles. The van der Waals surface area contributed by atoms with Crippen LogP contribution >= 0.6 is 0 Å². The quantitative estimate of drug-likeness (QED) is 0.206. The molecule has 0 saturated heterocycles. The van der Waals surface area contributed by atoms with Crippen molar-refractivity contribution in [3.8, 4) is 16.9 Å². The van der Waals surface area contributed by atoms with Gasteiger partial charge in [-0.25, -0.2) is 0 Å². The molecule has 0 amide bonds. The fraction of sp³-hybridized carbons (Fsp3) is 0.276. The van der Waals surface area contributed by atoms with Gasteiger partial charge < -0.3 is 9.47 Å². The summed E-state index contributed by atoms with van der Waals surface area (Å²) in [5.41, 5.74) is 6.58. The molecule has 3 aromatic rings. The highest BCUT2D eigenvalue weighted by atomic mass is 16.5. The van der Waals surface area contributed by atoms with Gasteiger partial charge in [0.15, 0.2) is 0 Å². The number of ether oxygens (including phenoxy) is 2. The molecule has 164 valence electrons. The molecule has 0 bridgehead atoms. The number of fused-ring (bicyclic) bond motifs is 1. The molecule has 1 aliphatic rings. The van der Waals surface area contributed by atoms with Crippen molar-refractivity contribution in [3.63, 3.8) is 0 Å². The van der Waals surface area contributed by atoms with Gasteiger partial charge in [-0.15, -0.1) is 6.58 Å². The lowest BCUT2D eigenvalue weighted by Crippen LogP contribution is -2.12. The standard InChI is InChI=1S/C29H30O3/c1-3-5-17-23-26-20-31-28(22-15-11-8-12-16-22)25(26)19-24(21-13-9-7-10-14-21)29(23)32-27(30)18-6-4-2/h4,7-16,19,28H,2-3,5-6,17-18,20H2,1H3. The Morgan fingerprint density at radius 1 is 1.12 bits per heavy atom. The largest absolute Gasteiger partial charge is 0.426 e. The maximum atomic E-state index is 12.7. The highest BCUT2D eigenvalue weighted by molar-refractivity contribution is 5.81. The van der Waals surface area contributed by atoms with Gasteiger partial charge in [0.1, 0.15) is 11.9 Å². The smallest absolute Gasteiger partial charge is 0.311 e. The molecule has 32 heavy (non-hydrogen) atoms. The Kier molecular flexibility index (Phi) is 7.18. The monoisotopic (exact) mass is 426 g/mol. The van der Waals surface area contributed by atoms with Crippen LogP contribution in [0.25, 0.3) is 11.1 Å². The van der Waals surface area contributed by atoms with Crippen molar-refractivity contribution in [2.45, 2.75) is 51.7 Å². The molecule has 4 rings (SSSR count). The van der Waals surface area contributed by atoms with Gasteiger partial charge >= 0.3 is 5.97 Å². The molecule has 1 heterocycles. The van der Waals surface area contributed by atoms with E-state index in [1.54, 1.807) is 6.08 Å². The average Bonchev–Trinajstić information content (AvgIpc) is 3.26. The third-order valence-corrected chi connectivity index (χ3v) is 5.94. The Labute approximate surface area is 190 Å². The summed E-state index contributed by atoms with van der Waals surface area (Å²) in [6.07, 6.45) is 5.51. The Morgan fingerprint density at radius 3 is 2.53 bits per heavy atom. The fourth-order valence-electron chi connectivity index (χ4n) is 4.30. The zero-order valence-electron chi connectivity index (χ0n) is 18.7. The van der Waals surface area contributed by atoms with Crippen molar-refractivity contribution in [2.24, 2.45) is 0 Å². The summed E-state index contributed by atoms with van der Waals surface area (Å²) >= 11 is 0. The minimum Gasteiger partial charge on any atom is -0.426 e. The number of benzene rings is 3. The molecular formula is C29H30O3. The van der Waals surface area contributed by atoms with Crippen LogP contribution in [0.5, 0.6) is 5.75 Å². The number of allylic oxidation sites excluding steroid dienone is 1. The van der Waals surface area contributed by atoms with Gasteiger partial charge in [0.25, 0.3) is 0 Å². The zero-order chi connectivity index (χ0) is 22.3. The van der Waals surface area contributed by atoms with Crippen LogP contribution in [0.4, 0.5) is 0 Å². The molecule has 0 aliphatic carbocycles. The van der Waals surface area contributed by atoms with E-state index in [1.165, 1.54) is 11.1 Å². The summed E-state index contributed by atoms with van der Waals surface area (Å²) < 4.78 is 12.3. The summed E-state index contributed by atoms with van der Waals surface area (Å²) in [5, 5.41) is 0. The minimum absolute atomic E-state index is 0.112. The second kappa shape index (κ2) is 10.4.